The van der Waals surface area contributed by atoms with Crippen molar-refractivity contribution in [3.8, 4) is 0 Å². The lowest BCUT2D eigenvalue weighted by molar-refractivity contribution is 0.0863. The Morgan fingerprint density at radius 2 is 1.82 bits per heavy atom. The normalized spacial score (nSPS) is 34.3. The molecular weight excluding hydrogens is 268 g/mol. The third-order valence-corrected chi connectivity index (χ3v) is 5.11. The van der Waals surface area contributed by atoms with Crippen LogP contribution in [0.3, 0.4) is 0 Å². The summed E-state index contributed by atoms with van der Waals surface area (Å²) in [6, 6.07) is 12.4. The van der Waals surface area contributed by atoms with E-state index in [-0.39, 0.29) is 5.54 Å². The summed E-state index contributed by atoms with van der Waals surface area (Å²) in [5.41, 5.74) is 2.10. The highest BCUT2D eigenvalue weighted by Crippen LogP contribution is 2.44. The van der Waals surface area contributed by atoms with E-state index >= 15 is 0 Å². The Morgan fingerprint density at radius 3 is 2.41 bits per heavy atom. The lowest BCUT2D eigenvalue weighted by Crippen LogP contribution is -2.65. The third kappa shape index (κ3) is 3.72. The van der Waals surface area contributed by atoms with Gasteiger partial charge in [-0.3, -0.25) is 0 Å². The smallest absolute Gasteiger partial charge is 0.0215 e. The molecule has 1 aromatic carbocycles. The van der Waals surface area contributed by atoms with E-state index in [2.05, 4.69) is 68.7 Å². The maximum Gasteiger partial charge on any atom is 0.0215 e. The highest BCUT2D eigenvalue weighted by atomic mass is 15.1. The largest absolute Gasteiger partial charge is 0.310 e. The van der Waals surface area contributed by atoms with Gasteiger partial charge in [0.25, 0.3) is 0 Å². The SMILES string of the molecule is CCC[C@]1(NC(C)(C)C)C[C@@H](N[C@@H]2C[C@H]2c2ccccc2)C1. The fourth-order valence-electron chi connectivity index (χ4n) is 4.39. The zero-order valence-electron chi connectivity index (χ0n) is 14.7. The van der Waals surface area contributed by atoms with E-state index in [0.29, 0.717) is 17.6 Å². The summed E-state index contributed by atoms with van der Waals surface area (Å²) in [5, 5.41) is 7.79. The summed E-state index contributed by atoms with van der Waals surface area (Å²) in [4.78, 5) is 0. The van der Waals surface area contributed by atoms with Crippen LogP contribution in [0.4, 0.5) is 0 Å². The first-order valence-electron chi connectivity index (χ1n) is 9.01. The molecule has 2 heteroatoms. The molecule has 2 atom stereocenters. The summed E-state index contributed by atoms with van der Waals surface area (Å²) in [6.07, 6.45) is 6.46. The Labute approximate surface area is 136 Å². The average Bonchev–Trinajstić information content (AvgIpc) is 3.16. The van der Waals surface area contributed by atoms with Crippen LogP contribution in [0.2, 0.25) is 0 Å². The number of nitrogens with one attached hydrogen (secondary N) is 2. The topological polar surface area (TPSA) is 24.1 Å². The molecule has 0 radical (unpaired) electrons. The molecule has 0 aliphatic heterocycles. The van der Waals surface area contributed by atoms with Crippen molar-refractivity contribution in [3.05, 3.63) is 35.9 Å². The van der Waals surface area contributed by atoms with Gasteiger partial charge in [0.15, 0.2) is 0 Å². The minimum atomic E-state index is 0.215. The Kier molecular flexibility index (Phi) is 4.35. The standard InChI is InChI=1S/C20H32N2/c1-5-11-20(22-19(2,3)4)13-16(14-20)21-18-12-17(18)15-9-7-6-8-10-15/h6-10,16-18,21-22H,5,11-14H2,1-4H3/t16-,17-,18+,20+/m0/s1. The van der Waals surface area contributed by atoms with E-state index in [1.807, 2.05) is 0 Å². The van der Waals surface area contributed by atoms with Gasteiger partial charge in [0.05, 0.1) is 0 Å². The lowest BCUT2D eigenvalue weighted by atomic mass is 9.68. The maximum absolute atomic E-state index is 3.90. The van der Waals surface area contributed by atoms with Crippen LogP contribution in [0.25, 0.3) is 0 Å². The summed E-state index contributed by atoms with van der Waals surface area (Å²) < 4.78 is 0. The minimum absolute atomic E-state index is 0.215. The molecule has 2 fully saturated rings. The third-order valence-electron chi connectivity index (χ3n) is 5.11. The van der Waals surface area contributed by atoms with Crippen LogP contribution in [0.1, 0.15) is 71.3 Å². The average molecular weight is 300 g/mol. The molecule has 0 amide bonds. The van der Waals surface area contributed by atoms with E-state index in [0.717, 1.165) is 5.92 Å². The van der Waals surface area contributed by atoms with Crippen LogP contribution in [-0.2, 0) is 0 Å². The van der Waals surface area contributed by atoms with Gasteiger partial charge < -0.3 is 10.6 Å². The van der Waals surface area contributed by atoms with Crippen LogP contribution in [-0.4, -0.2) is 23.2 Å². The van der Waals surface area contributed by atoms with Crippen molar-refractivity contribution in [2.24, 2.45) is 0 Å². The van der Waals surface area contributed by atoms with Gasteiger partial charge in [-0.25, -0.2) is 0 Å². The quantitative estimate of drug-likeness (QED) is 0.822. The van der Waals surface area contributed by atoms with Crippen LogP contribution in [0.15, 0.2) is 30.3 Å². The van der Waals surface area contributed by atoms with Crippen LogP contribution in [0.5, 0.6) is 0 Å². The molecule has 1 aromatic rings. The first-order valence-corrected chi connectivity index (χ1v) is 9.01. The van der Waals surface area contributed by atoms with Gasteiger partial charge in [-0.1, -0.05) is 43.7 Å². The van der Waals surface area contributed by atoms with Crippen molar-refractivity contribution in [1.29, 1.82) is 0 Å². The fraction of sp³-hybridized carbons (Fsp3) is 0.700. The molecule has 2 saturated carbocycles. The van der Waals surface area contributed by atoms with E-state index in [9.17, 15) is 0 Å². The molecule has 0 bridgehead atoms. The number of rotatable bonds is 6. The van der Waals surface area contributed by atoms with Crippen LogP contribution < -0.4 is 10.6 Å². The van der Waals surface area contributed by atoms with Crippen molar-refractivity contribution >= 4 is 0 Å². The molecule has 22 heavy (non-hydrogen) atoms. The molecule has 3 rings (SSSR count). The van der Waals surface area contributed by atoms with Gasteiger partial charge >= 0.3 is 0 Å². The second-order valence-electron chi connectivity index (χ2n) is 8.54. The predicted octanol–water partition coefficient (Wildman–Crippen LogP) is 4.22. The summed E-state index contributed by atoms with van der Waals surface area (Å²) in [5.74, 6) is 0.748. The Hall–Kier alpha value is -0.860. The molecule has 2 nitrogen and oxygen atoms in total. The Balaban J connectivity index is 1.49. The van der Waals surface area contributed by atoms with Crippen molar-refractivity contribution in [2.75, 3.05) is 0 Å². The van der Waals surface area contributed by atoms with Crippen molar-refractivity contribution < 1.29 is 0 Å². The zero-order valence-corrected chi connectivity index (χ0v) is 14.7. The van der Waals surface area contributed by atoms with E-state index in [1.54, 1.807) is 0 Å². The molecular formula is C20H32N2. The summed E-state index contributed by atoms with van der Waals surface area (Å²) in [6.45, 7) is 9.17. The Bertz CT molecular complexity index is 482. The molecule has 122 valence electrons. The highest BCUT2D eigenvalue weighted by Gasteiger charge is 2.48. The second-order valence-corrected chi connectivity index (χ2v) is 8.54. The monoisotopic (exact) mass is 300 g/mol. The fourth-order valence-corrected chi connectivity index (χ4v) is 4.39. The maximum atomic E-state index is 3.90. The van der Waals surface area contributed by atoms with E-state index in [4.69, 9.17) is 0 Å². The van der Waals surface area contributed by atoms with Crippen LogP contribution >= 0.6 is 0 Å². The number of hydrogen-bond acceptors (Lipinski definition) is 2. The van der Waals surface area contributed by atoms with Crippen molar-refractivity contribution in [3.63, 3.8) is 0 Å². The first-order chi connectivity index (χ1) is 10.4. The van der Waals surface area contributed by atoms with E-state index in [1.165, 1.54) is 37.7 Å². The van der Waals surface area contributed by atoms with Gasteiger partial charge in [0.1, 0.15) is 0 Å². The molecule has 0 unspecified atom stereocenters. The minimum Gasteiger partial charge on any atom is -0.310 e. The highest BCUT2D eigenvalue weighted by molar-refractivity contribution is 5.28. The van der Waals surface area contributed by atoms with Crippen molar-refractivity contribution in [2.45, 2.75) is 88.9 Å². The van der Waals surface area contributed by atoms with Gasteiger partial charge in [-0.05, 0) is 52.0 Å². The van der Waals surface area contributed by atoms with Gasteiger partial charge in [-0.15, -0.1) is 0 Å². The van der Waals surface area contributed by atoms with Crippen molar-refractivity contribution in [1.82, 2.24) is 10.6 Å². The Morgan fingerprint density at radius 1 is 1.14 bits per heavy atom. The lowest BCUT2D eigenvalue weighted by Gasteiger charge is -2.52. The summed E-state index contributed by atoms with van der Waals surface area (Å²) >= 11 is 0. The molecule has 0 heterocycles. The summed E-state index contributed by atoms with van der Waals surface area (Å²) in [7, 11) is 0. The van der Waals surface area contributed by atoms with Crippen LogP contribution in [0, 0.1) is 0 Å². The predicted molar refractivity (Wildman–Crippen MR) is 94.3 cm³/mol. The van der Waals surface area contributed by atoms with Gasteiger partial charge in [0, 0.05) is 29.1 Å². The van der Waals surface area contributed by atoms with Gasteiger partial charge in [-0.2, -0.15) is 0 Å². The molecule has 2 aliphatic rings. The molecule has 0 spiro atoms. The molecule has 0 aromatic heterocycles. The van der Waals surface area contributed by atoms with E-state index < -0.39 is 0 Å². The molecule has 0 saturated heterocycles. The number of benzene rings is 1. The number of hydrogen-bond donors (Lipinski definition) is 2. The molecule has 2 aliphatic carbocycles. The zero-order chi connectivity index (χ0) is 15.8. The van der Waals surface area contributed by atoms with Gasteiger partial charge in [0.2, 0.25) is 0 Å². The second kappa shape index (κ2) is 5.98. The molecule has 2 N–H and O–H groups in total. The first kappa shape index (κ1) is 16.0.